The molecule has 0 aliphatic heterocycles. The van der Waals surface area contributed by atoms with Crippen LogP contribution in [-0.4, -0.2) is 30.8 Å². The van der Waals surface area contributed by atoms with Crippen molar-refractivity contribution < 1.29 is 14.6 Å². The van der Waals surface area contributed by atoms with Crippen molar-refractivity contribution in [1.29, 1.82) is 0 Å². The zero-order valence-corrected chi connectivity index (χ0v) is 11.8. The average Bonchev–Trinajstić information content (AvgIpc) is 2.76. The summed E-state index contributed by atoms with van der Waals surface area (Å²) in [7, 11) is 0. The number of carboxylic acids is 1. The Kier molecular flexibility index (Phi) is 6.93. The lowest BCUT2D eigenvalue weighted by Crippen LogP contribution is -2.16. The van der Waals surface area contributed by atoms with Gasteiger partial charge in [0.15, 0.2) is 0 Å². The highest BCUT2D eigenvalue weighted by molar-refractivity contribution is 7.10. The van der Waals surface area contributed by atoms with Gasteiger partial charge in [0.05, 0.1) is 5.56 Å². The molecule has 0 fully saturated rings. The van der Waals surface area contributed by atoms with Gasteiger partial charge in [0, 0.05) is 30.0 Å². The van der Waals surface area contributed by atoms with Crippen LogP contribution in [0.2, 0.25) is 0 Å². The van der Waals surface area contributed by atoms with Gasteiger partial charge in [0.2, 0.25) is 0 Å². The Hall–Kier alpha value is -0.910. The highest BCUT2D eigenvalue weighted by Crippen LogP contribution is 2.14. The number of carboxylic acid groups (broad SMARTS) is 1. The molecule has 0 radical (unpaired) electrons. The van der Waals surface area contributed by atoms with E-state index < -0.39 is 5.97 Å². The van der Waals surface area contributed by atoms with Crippen LogP contribution in [0, 0.1) is 5.92 Å². The maximum Gasteiger partial charge on any atom is 0.336 e. The predicted octanol–water partition coefficient (Wildman–Crippen LogP) is 2.60. The number of carbonyl (C=O) groups is 1. The van der Waals surface area contributed by atoms with Crippen LogP contribution >= 0.6 is 11.3 Å². The molecular weight excluding hydrogens is 250 g/mol. The molecule has 4 nitrogen and oxygen atoms in total. The van der Waals surface area contributed by atoms with E-state index in [0.29, 0.717) is 11.5 Å². The molecule has 0 unspecified atom stereocenters. The van der Waals surface area contributed by atoms with Crippen LogP contribution in [0.15, 0.2) is 11.4 Å². The Morgan fingerprint density at radius 2 is 2.33 bits per heavy atom. The van der Waals surface area contributed by atoms with Gasteiger partial charge >= 0.3 is 5.97 Å². The van der Waals surface area contributed by atoms with Crippen molar-refractivity contribution in [1.82, 2.24) is 5.32 Å². The van der Waals surface area contributed by atoms with E-state index in [4.69, 9.17) is 9.84 Å². The Morgan fingerprint density at radius 1 is 1.56 bits per heavy atom. The fourth-order valence-electron chi connectivity index (χ4n) is 1.42. The molecule has 18 heavy (non-hydrogen) atoms. The summed E-state index contributed by atoms with van der Waals surface area (Å²) >= 11 is 1.48. The van der Waals surface area contributed by atoms with Crippen molar-refractivity contribution in [3.05, 3.63) is 21.9 Å². The molecule has 0 atom stereocenters. The van der Waals surface area contributed by atoms with Gasteiger partial charge in [-0.2, -0.15) is 0 Å². The zero-order chi connectivity index (χ0) is 13.4. The Bertz CT molecular complexity index is 363. The second-order valence-corrected chi connectivity index (χ2v) is 5.60. The summed E-state index contributed by atoms with van der Waals surface area (Å²) in [5.74, 6) is -0.280. The molecule has 1 aromatic rings. The standard InChI is InChI=1S/C13H21NO3S/c1-10(2)8-17-5-3-4-14-7-12-6-11(9-18-12)13(15)16/h6,9-10,14H,3-5,7-8H2,1-2H3,(H,15,16). The third kappa shape index (κ3) is 6.14. The summed E-state index contributed by atoms with van der Waals surface area (Å²) in [6.45, 7) is 7.47. The number of nitrogens with one attached hydrogen (secondary N) is 1. The van der Waals surface area contributed by atoms with Gasteiger partial charge in [-0.1, -0.05) is 13.8 Å². The molecule has 102 valence electrons. The molecule has 0 bridgehead atoms. The third-order valence-electron chi connectivity index (χ3n) is 2.29. The van der Waals surface area contributed by atoms with Crippen LogP contribution < -0.4 is 5.32 Å². The van der Waals surface area contributed by atoms with Gasteiger partial charge in [-0.05, 0) is 24.9 Å². The number of hydrogen-bond acceptors (Lipinski definition) is 4. The topological polar surface area (TPSA) is 58.6 Å². The van der Waals surface area contributed by atoms with Crippen LogP contribution in [0.4, 0.5) is 0 Å². The Balaban J connectivity index is 2.05. The van der Waals surface area contributed by atoms with Crippen LogP contribution in [0.3, 0.4) is 0 Å². The van der Waals surface area contributed by atoms with Gasteiger partial charge in [0.25, 0.3) is 0 Å². The fourth-order valence-corrected chi connectivity index (χ4v) is 2.24. The van der Waals surface area contributed by atoms with E-state index in [-0.39, 0.29) is 0 Å². The van der Waals surface area contributed by atoms with Crippen molar-refractivity contribution in [2.24, 2.45) is 5.92 Å². The summed E-state index contributed by atoms with van der Waals surface area (Å²) < 4.78 is 5.47. The lowest BCUT2D eigenvalue weighted by molar-refractivity contribution is 0.0697. The van der Waals surface area contributed by atoms with Gasteiger partial charge in [-0.15, -0.1) is 11.3 Å². The van der Waals surface area contributed by atoms with Crippen molar-refractivity contribution in [3.8, 4) is 0 Å². The maximum absolute atomic E-state index is 10.7. The minimum Gasteiger partial charge on any atom is -0.478 e. The van der Waals surface area contributed by atoms with Crippen molar-refractivity contribution in [2.75, 3.05) is 19.8 Å². The molecule has 0 saturated heterocycles. The van der Waals surface area contributed by atoms with E-state index in [2.05, 4.69) is 19.2 Å². The van der Waals surface area contributed by atoms with E-state index >= 15 is 0 Å². The van der Waals surface area contributed by atoms with Gasteiger partial charge in [0.1, 0.15) is 0 Å². The summed E-state index contributed by atoms with van der Waals surface area (Å²) in [4.78, 5) is 11.7. The molecule has 0 saturated carbocycles. The summed E-state index contributed by atoms with van der Waals surface area (Å²) in [6.07, 6.45) is 0.976. The van der Waals surface area contributed by atoms with Gasteiger partial charge in [-0.3, -0.25) is 0 Å². The zero-order valence-electron chi connectivity index (χ0n) is 10.9. The van der Waals surface area contributed by atoms with Crippen molar-refractivity contribution in [3.63, 3.8) is 0 Å². The third-order valence-corrected chi connectivity index (χ3v) is 3.23. The minimum absolute atomic E-state index is 0.372. The average molecular weight is 271 g/mol. The second kappa shape index (κ2) is 8.24. The van der Waals surface area contributed by atoms with E-state index in [1.165, 1.54) is 11.3 Å². The number of thiophene rings is 1. The lowest BCUT2D eigenvalue weighted by atomic mass is 10.2. The largest absolute Gasteiger partial charge is 0.478 e. The molecule has 0 aliphatic rings. The molecular formula is C13H21NO3S. The monoisotopic (exact) mass is 271 g/mol. The summed E-state index contributed by atoms with van der Waals surface area (Å²) in [6, 6.07) is 1.72. The minimum atomic E-state index is -0.861. The molecule has 1 rings (SSSR count). The first-order valence-corrected chi connectivity index (χ1v) is 7.06. The highest BCUT2D eigenvalue weighted by atomic mass is 32.1. The molecule has 0 spiro atoms. The molecule has 0 amide bonds. The fraction of sp³-hybridized carbons (Fsp3) is 0.615. The first-order valence-electron chi connectivity index (χ1n) is 6.18. The number of ether oxygens (including phenoxy) is 1. The smallest absolute Gasteiger partial charge is 0.336 e. The van der Waals surface area contributed by atoms with Crippen LogP contribution in [0.1, 0.15) is 35.5 Å². The highest BCUT2D eigenvalue weighted by Gasteiger charge is 2.05. The number of aromatic carboxylic acids is 1. The number of hydrogen-bond donors (Lipinski definition) is 2. The van der Waals surface area contributed by atoms with Crippen LogP contribution in [-0.2, 0) is 11.3 Å². The SMILES string of the molecule is CC(C)COCCCNCc1cc(C(=O)O)cs1. The van der Waals surface area contributed by atoms with Crippen molar-refractivity contribution in [2.45, 2.75) is 26.8 Å². The first kappa shape index (κ1) is 15.1. The quantitative estimate of drug-likeness (QED) is 0.678. The molecule has 5 heteroatoms. The normalized spacial score (nSPS) is 11.1. The molecule has 2 N–H and O–H groups in total. The van der Waals surface area contributed by atoms with Crippen molar-refractivity contribution >= 4 is 17.3 Å². The summed E-state index contributed by atoms with van der Waals surface area (Å²) in [5, 5.41) is 13.7. The molecule has 0 aliphatic carbocycles. The molecule has 1 aromatic heterocycles. The van der Waals surface area contributed by atoms with Crippen LogP contribution in [0.5, 0.6) is 0 Å². The van der Waals surface area contributed by atoms with Crippen LogP contribution in [0.25, 0.3) is 0 Å². The first-order chi connectivity index (χ1) is 8.59. The Morgan fingerprint density at radius 3 is 2.94 bits per heavy atom. The lowest BCUT2D eigenvalue weighted by Gasteiger charge is -2.07. The van der Waals surface area contributed by atoms with E-state index in [0.717, 1.165) is 37.6 Å². The maximum atomic E-state index is 10.7. The van der Waals surface area contributed by atoms with Gasteiger partial charge < -0.3 is 15.2 Å². The molecule has 0 aromatic carbocycles. The number of rotatable bonds is 9. The Labute approximate surface area is 112 Å². The van der Waals surface area contributed by atoms with E-state index in [9.17, 15) is 4.79 Å². The van der Waals surface area contributed by atoms with E-state index in [1.54, 1.807) is 11.4 Å². The summed E-state index contributed by atoms with van der Waals surface area (Å²) in [5.41, 5.74) is 0.372. The second-order valence-electron chi connectivity index (χ2n) is 4.61. The van der Waals surface area contributed by atoms with Gasteiger partial charge in [-0.25, -0.2) is 4.79 Å². The van der Waals surface area contributed by atoms with E-state index in [1.807, 2.05) is 0 Å². The predicted molar refractivity (Wildman–Crippen MR) is 73.3 cm³/mol. The molecule has 1 heterocycles.